The Kier molecular flexibility index (Phi) is 10.8. The van der Waals surface area contributed by atoms with Gasteiger partial charge >= 0.3 is 17.3 Å². The third-order valence-corrected chi connectivity index (χ3v) is 7.62. The van der Waals surface area contributed by atoms with Gasteiger partial charge in [0.05, 0.1) is 39.1 Å². The van der Waals surface area contributed by atoms with E-state index in [1.807, 2.05) is 19.1 Å². The van der Waals surface area contributed by atoms with Gasteiger partial charge < -0.3 is 9.84 Å². The molecule has 0 unspecified atom stereocenters. The van der Waals surface area contributed by atoms with E-state index in [2.05, 4.69) is 27.8 Å². The van der Waals surface area contributed by atoms with E-state index in [-0.39, 0.29) is 5.97 Å². The van der Waals surface area contributed by atoms with Crippen molar-refractivity contribution < 1.29 is 29.4 Å². The number of rotatable bonds is 9. The van der Waals surface area contributed by atoms with Crippen molar-refractivity contribution in [1.82, 2.24) is 4.90 Å². The lowest BCUT2D eigenvalue weighted by Crippen LogP contribution is -2.33. The topological polar surface area (TPSA) is 179 Å². The Morgan fingerprint density at radius 2 is 1.45 bits per heavy atom. The van der Waals surface area contributed by atoms with Crippen molar-refractivity contribution in [2.75, 3.05) is 26.2 Å². The van der Waals surface area contributed by atoms with Crippen LogP contribution < -0.4 is 0 Å². The molecule has 1 saturated heterocycles. The summed E-state index contributed by atoms with van der Waals surface area (Å²) in [4.78, 5) is 45.2. The highest BCUT2D eigenvalue weighted by Crippen LogP contribution is 2.39. The molecule has 1 aromatic carbocycles. The van der Waals surface area contributed by atoms with Gasteiger partial charge in [-0.25, -0.2) is 4.79 Å². The van der Waals surface area contributed by atoms with Crippen LogP contribution in [0.15, 0.2) is 52.7 Å². The third kappa shape index (κ3) is 7.68. The summed E-state index contributed by atoms with van der Waals surface area (Å²) in [6.07, 6.45) is 3.71. The lowest BCUT2D eigenvalue weighted by molar-refractivity contribution is -0.404. The van der Waals surface area contributed by atoms with Crippen LogP contribution >= 0.6 is 22.7 Å². The number of ether oxygens (including phenoxy) is 1. The van der Waals surface area contributed by atoms with Gasteiger partial charge in [-0.3, -0.25) is 35.2 Å². The Morgan fingerprint density at radius 1 is 0.925 bits per heavy atom. The molecule has 40 heavy (non-hydrogen) atoms. The second kappa shape index (κ2) is 14.3. The van der Waals surface area contributed by atoms with Crippen LogP contribution in [-0.2, 0) is 9.53 Å². The van der Waals surface area contributed by atoms with Crippen LogP contribution in [0.4, 0.5) is 17.1 Å². The lowest BCUT2D eigenvalue weighted by Gasteiger charge is -2.27. The number of likely N-dealkylation sites (tertiary alicyclic amines) is 1. The molecule has 0 spiro atoms. The van der Waals surface area contributed by atoms with Gasteiger partial charge in [-0.1, -0.05) is 18.6 Å². The van der Waals surface area contributed by atoms with E-state index in [1.165, 1.54) is 19.3 Å². The number of phenols is 1. The van der Waals surface area contributed by atoms with Crippen LogP contribution in [0.1, 0.15) is 35.9 Å². The number of piperidine rings is 1. The number of non-ortho nitro benzene ring substituents is 1. The fourth-order valence-corrected chi connectivity index (χ4v) is 5.73. The molecule has 1 N–H and O–H groups in total. The van der Waals surface area contributed by atoms with Crippen molar-refractivity contribution in [2.24, 2.45) is 0 Å². The maximum Gasteiger partial charge on any atom is 0.336 e. The minimum absolute atomic E-state index is 0.181. The summed E-state index contributed by atoms with van der Waals surface area (Å²) in [6, 6.07) is 9.16. The van der Waals surface area contributed by atoms with Crippen LogP contribution in [0.5, 0.6) is 5.75 Å². The zero-order valence-electron chi connectivity index (χ0n) is 21.4. The zero-order valence-corrected chi connectivity index (χ0v) is 23.0. The van der Waals surface area contributed by atoms with E-state index in [4.69, 9.17) is 9.84 Å². The first-order valence-corrected chi connectivity index (χ1v) is 13.9. The van der Waals surface area contributed by atoms with Crippen molar-refractivity contribution in [3.8, 4) is 5.75 Å². The molecule has 4 rings (SSSR count). The summed E-state index contributed by atoms with van der Waals surface area (Å²) in [5.41, 5.74) is -1.16. The van der Waals surface area contributed by atoms with Crippen molar-refractivity contribution in [1.29, 1.82) is 0 Å². The average molecular weight is 591 g/mol. The van der Waals surface area contributed by atoms with Crippen molar-refractivity contribution in [2.45, 2.75) is 26.2 Å². The fourth-order valence-electron chi connectivity index (χ4n) is 4.04. The Hall–Kier alpha value is -4.21. The summed E-state index contributed by atoms with van der Waals surface area (Å²) >= 11 is 3.36. The molecule has 212 valence electrons. The van der Waals surface area contributed by atoms with Crippen molar-refractivity contribution in [3.63, 3.8) is 0 Å². The van der Waals surface area contributed by atoms with E-state index in [9.17, 15) is 35.1 Å². The zero-order chi connectivity index (χ0) is 29.2. The fraction of sp³-hybridized carbons (Fsp3) is 0.320. The Morgan fingerprint density at radius 3 is 1.85 bits per heavy atom. The van der Waals surface area contributed by atoms with Gasteiger partial charge in [0.25, 0.3) is 11.4 Å². The normalized spacial score (nSPS) is 13.0. The van der Waals surface area contributed by atoms with E-state index >= 15 is 0 Å². The molecule has 0 bridgehead atoms. The minimum atomic E-state index is -1.21. The number of thiophene rings is 2. The summed E-state index contributed by atoms with van der Waals surface area (Å²) < 4.78 is 5.41. The predicted molar refractivity (Wildman–Crippen MR) is 150 cm³/mol. The van der Waals surface area contributed by atoms with Crippen LogP contribution in [0.2, 0.25) is 0 Å². The molecule has 1 fully saturated rings. The van der Waals surface area contributed by atoms with E-state index < -0.39 is 37.6 Å². The number of aromatic hydroxyl groups is 1. The molecule has 0 aliphatic carbocycles. The van der Waals surface area contributed by atoms with Crippen molar-refractivity contribution in [3.05, 3.63) is 92.8 Å². The first kappa shape index (κ1) is 30.3. The Labute approximate surface area is 236 Å². The second-order valence-electron chi connectivity index (χ2n) is 8.47. The Balaban J connectivity index is 0.000000241. The number of esters is 1. The summed E-state index contributed by atoms with van der Waals surface area (Å²) in [6.45, 7) is 5.07. The molecule has 0 atom stereocenters. The monoisotopic (exact) mass is 590 g/mol. The molecule has 3 aromatic rings. The van der Waals surface area contributed by atoms with E-state index in [1.54, 1.807) is 22.7 Å². The third-order valence-electron chi connectivity index (χ3n) is 5.85. The first-order chi connectivity index (χ1) is 19.1. The van der Waals surface area contributed by atoms with Crippen LogP contribution in [0.25, 0.3) is 5.57 Å². The molecule has 2 aromatic heterocycles. The SMILES string of the molecule is CCOC(=O)C(CN1CCCCC1)=C(c1cccs1)c1cccs1.O=[N+]([O-])c1cc([N+](=O)[O-])c(O)c([N+](=O)[O-])c1. The smallest absolute Gasteiger partial charge is 0.336 e. The van der Waals surface area contributed by atoms with Gasteiger partial charge in [0, 0.05) is 21.9 Å². The Bertz CT molecular complexity index is 1310. The summed E-state index contributed by atoms with van der Waals surface area (Å²) in [5, 5.41) is 44.3. The molecule has 3 heterocycles. The number of hydrogen-bond acceptors (Lipinski definition) is 12. The first-order valence-electron chi connectivity index (χ1n) is 12.1. The molecule has 1 aliphatic heterocycles. The van der Waals surface area contributed by atoms with Crippen LogP contribution in [0.3, 0.4) is 0 Å². The van der Waals surface area contributed by atoms with Crippen molar-refractivity contribution >= 4 is 51.3 Å². The number of benzene rings is 1. The summed E-state index contributed by atoms with van der Waals surface area (Å²) in [5.74, 6) is -1.39. The molecule has 13 nitrogen and oxygen atoms in total. The number of nitro groups is 3. The molecule has 0 amide bonds. The van der Waals surface area contributed by atoms with Gasteiger partial charge in [-0.15, -0.1) is 22.7 Å². The molecular formula is C25H26N4O9S2. The number of nitro benzene ring substituents is 3. The predicted octanol–water partition coefficient (Wildman–Crippen LogP) is 5.78. The quantitative estimate of drug-likeness (QED) is 0.139. The van der Waals surface area contributed by atoms with Gasteiger partial charge in [0.1, 0.15) is 0 Å². The number of phenolic OH excluding ortho intramolecular Hbond substituents is 1. The highest BCUT2D eigenvalue weighted by atomic mass is 32.1. The molecule has 0 saturated carbocycles. The van der Waals surface area contributed by atoms with Crippen LogP contribution in [-0.4, -0.2) is 57.0 Å². The molecule has 15 heteroatoms. The standard InChI is InChI=1S/C19H23NO2S2.C6H3N3O7/c1-2-22-19(21)15(14-20-10-4-3-5-11-20)18(16-8-6-12-23-16)17-9-7-13-24-17;10-6-4(8(13)14)1-3(7(11)12)2-5(6)9(15)16/h6-9,12-13H,2-5,10-11,14H2,1H3;1-2,10H. The number of carbonyl (C=O) groups excluding carboxylic acids is 1. The number of nitrogens with zero attached hydrogens (tertiary/aromatic N) is 4. The van der Waals surface area contributed by atoms with Gasteiger partial charge in [-0.05, 0) is 55.7 Å². The van der Waals surface area contributed by atoms with Crippen LogP contribution in [0, 0.1) is 30.3 Å². The van der Waals surface area contributed by atoms with Gasteiger partial charge in [0.2, 0.25) is 0 Å². The highest BCUT2D eigenvalue weighted by molar-refractivity contribution is 7.13. The molecule has 0 radical (unpaired) electrons. The maximum atomic E-state index is 12.8. The highest BCUT2D eigenvalue weighted by Gasteiger charge is 2.30. The lowest BCUT2D eigenvalue weighted by atomic mass is 10.0. The number of hydrogen-bond donors (Lipinski definition) is 1. The maximum absolute atomic E-state index is 12.8. The second-order valence-corrected chi connectivity index (χ2v) is 10.4. The van der Waals surface area contributed by atoms with Gasteiger partial charge in [0.15, 0.2) is 0 Å². The number of carbonyl (C=O) groups is 1. The summed E-state index contributed by atoms with van der Waals surface area (Å²) in [7, 11) is 0. The van der Waals surface area contributed by atoms with Gasteiger partial charge in [-0.2, -0.15) is 0 Å². The largest absolute Gasteiger partial charge is 0.497 e. The molecule has 1 aliphatic rings. The minimum Gasteiger partial charge on any atom is -0.497 e. The van der Waals surface area contributed by atoms with E-state index in [0.29, 0.717) is 25.3 Å². The van der Waals surface area contributed by atoms with E-state index in [0.717, 1.165) is 34.0 Å². The molecular weight excluding hydrogens is 564 g/mol. The average Bonchev–Trinajstić information content (AvgIpc) is 3.65.